The van der Waals surface area contributed by atoms with Gasteiger partial charge in [-0.1, -0.05) is 35.0 Å². The van der Waals surface area contributed by atoms with Crippen LogP contribution < -0.4 is 5.56 Å². The van der Waals surface area contributed by atoms with E-state index in [1.165, 1.54) is 5.56 Å². The molecule has 0 amide bonds. The second kappa shape index (κ2) is 6.46. The number of hydrogen-bond acceptors (Lipinski definition) is 4. The third-order valence-electron chi connectivity index (χ3n) is 4.73. The van der Waals surface area contributed by atoms with Gasteiger partial charge in [0.05, 0.1) is 12.2 Å². The molecule has 0 aliphatic carbocycles. The van der Waals surface area contributed by atoms with Crippen LogP contribution in [0, 0.1) is 27.7 Å². The highest BCUT2D eigenvalue weighted by atomic mass is 16.1. The van der Waals surface area contributed by atoms with E-state index in [0.29, 0.717) is 12.2 Å². The summed E-state index contributed by atoms with van der Waals surface area (Å²) in [5.74, 6) is 0. The summed E-state index contributed by atoms with van der Waals surface area (Å²) < 4.78 is 3.21. The van der Waals surface area contributed by atoms with Gasteiger partial charge in [0.15, 0.2) is 11.2 Å². The van der Waals surface area contributed by atoms with Crippen LogP contribution in [-0.4, -0.2) is 24.5 Å². The molecule has 136 valence electrons. The van der Waals surface area contributed by atoms with E-state index in [0.717, 1.165) is 27.9 Å². The molecule has 0 spiro atoms. The zero-order valence-electron chi connectivity index (χ0n) is 15.9. The summed E-state index contributed by atoms with van der Waals surface area (Å²) in [5, 5.41) is 8.29. The van der Waals surface area contributed by atoms with Crippen molar-refractivity contribution in [1.29, 1.82) is 0 Å². The summed E-state index contributed by atoms with van der Waals surface area (Å²) in [6, 6.07) is 12.3. The summed E-state index contributed by atoms with van der Waals surface area (Å²) >= 11 is 0. The minimum atomic E-state index is -0.184. The molecule has 0 saturated heterocycles. The lowest BCUT2D eigenvalue weighted by molar-refractivity contribution is 0.741. The first-order valence-corrected chi connectivity index (χ1v) is 8.88. The monoisotopic (exact) mass is 359 g/mol. The van der Waals surface area contributed by atoms with Crippen LogP contribution in [0.3, 0.4) is 0 Å². The Morgan fingerprint density at radius 1 is 0.926 bits per heavy atom. The topological polar surface area (TPSA) is 65.6 Å². The van der Waals surface area contributed by atoms with Gasteiger partial charge in [-0.15, -0.1) is 5.10 Å². The van der Waals surface area contributed by atoms with Crippen molar-refractivity contribution in [2.75, 3.05) is 0 Å². The Kier molecular flexibility index (Phi) is 4.11. The summed E-state index contributed by atoms with van der Waals surface area (Å²) in [6.45, 7) is 8.61. The number of hydrogen-bond donors (Lipinski definition) is 0. The molecular weight excluding hydrogens is 338 g/mol. The Hall–Kier alpha value is -3.28. The van der Waals surface area contributed by atoms with Crippen LogP contribution in [0.15, 0.2) is 47.5 Å². The second-order valence-electron chi connectivity index (χ2n) is 7.13. The van der Waals surface area contributed by atoms with Crippen molar-refractivity contribution in [2.24, 2.45) is 0 Å². The largest absolute Gasteiger partial charge is 0.293 e. The maximum Gasteiger partial charge on any atom is 0.283 e. The van der Waals surface area contributed by atoms with E-state index in [2.05, 4.69) is 39.6 Å². The summed E-state index contributed by atoms with van der Waals surface area (Å²) in [4.78, 5) is 17.4. The van der Waals surface area contributed by atoms with Crippen molar-refractivity contribution in [3.63, 3.8) is 0 Å². The number of fused-ring (bicyclic) bond motifs is 1. The highest BCUT2D eigenvalue weighted by Crippen LogP contribution is 2.16. The van der Waals surface area contributed by atoms with Crippen LogP contribution in [-0.2, 0) is 6.54 Å². The molecule has 4 rings (SSSR count). The summed E-state index contributed by atoms with van der Waals surface area (Å²) in [6.07, 6.45) is 1.58. The SMILES string of the molecule is Cc1cc(C)cc(-n2nnc3c(=O)n(Cc4cc(C)ccc4C)cnc32)c1. The molecule has 0 N–H and O–H groups in total. The molecule has 0 radical (unpaired) electrons. The van der Waals surface area contributed by atoms with Crippen LogP contribution in [0.1, 0.15) is 27.8 Å². The van der Waals surface area contributed by atoms with Crippen molar-refractivity contribution in [3.8, 4) is 5.69 Å². The second-order valence-corrected chi connectivity index (χ2v) is 7.13. The number of aromatic nitrogens is 5. The molecule has 0 aliphatic rings. The molecule has 0 aliphatic heterocycles. The Balaban J connectivity index is 1.80. The standard InChI is InChI=1S/C21H21N5O/c1-13-5-6-16(4)17(8-13)11-25-12-22-20-19(21(25)27)23-24-26(20)18-9-14(2)7-15(3)10-18/h5-10,12H,11H2,1-4H3. The van der Waals surface area contributed by atoms with Crippen molar-refractivity contribution in [1.82, 2.24) is 24.5 Å². The van der Waals surface area contributed by atoms with Crippen molar-refractivity contribution in [3.05, 3.63) is 80.9 Å². The summed E-state index contributed by atoms with van der Waals surface area (Å²) in [7, 11) is 0. The highest BCUT2D eigenvalue weighted by molar-refractivity contribution is 5.70. The van der Waals surface area contributed by atoms with Gasteiger partial charge < -0.3 is 0 Å². The van der Waals surface area contributed by atoms with Gasteiger partial charge in [-0.25, -0.2) is 4.98 Å². The van der Waals surface area contributed by atoms with Gasteiger partial charge in [-0.3, -0.25) is 9.36 Å². The fourth-order valence-electron chi connectivity index (χ4n) is 3.36. The Morgan fingerprint density at radius 3 is 2.41 bits per heavy atom. The first-order chi connectivity index (χ1) is 12.9. The van der Waals surface area contributed by atoms with Crippen molar-refractivity contribution < 1.29 is 0 Å². The molecule has 27 heavy (non-hydrogen) atoms. The molecule has 0 bridgehead atoms. The van der Waals surface area contributed by atoms with Crippen LogP contribution in [0.2, 0.25) is 0 Å². The molecule has 2 aromatic heterocycles. The first-order valence-electron chi connectivity index (χ1n) is 8.88. The van der Waals surface area contributed by atoms with E-state index in [-0.39, 0.29) is 11.1 Å². The molecule has 6 heteroatoms. The van der Waals surface area contributed by atoms with Crippen molar-refractivity contribution >= 4 is 11.2 Å². The number of aryl methyl sites for hydroxylation is 4. The average molecular weight is 359 g/mol. The zero-order chi connectivity index (χ0) is 19.1. The zero-order valence-corrected chi connectivity index (χ0v) is 15.9. The molecule has 0 unspecified atom stereocenters. The lowest BCUT2D eigenvalue weighted by Gasteiger charge is -2.09. The van der Waals surface area contributed by atoms with Gasteiger partial charge in [0.2, 0.25) is 0 Å². The van der Waals surface area contributed by atoms with Crippen LogP contribution in [0.5, 0.6) is 0 Å². The van der Waals surface area contributed by atoms with Gasteiger partial charge in [0.25, 0.3) is 5.56 Å². The Labute approximate surface area is 157 Å². The highest BCUT2D eigenvalue weighted by Gasteiger charge is 2.14. The summed E-state index contributed by atoms with van der Waals surface area (Å²) in [5.41, 5.74) is 7.08. The Bertz CT molecular complexity index is 1200. The normalized spacial score (nSPS) is 11.3. The maximum absolute atomic E-state index is 12.9. The predicted molar refractivity (Wildman–Crippen MR) is 105 cm³/mol. The molecule has 4 aromatic rings. The molecule has 2 heterocycles. The lowest BCUT2D eigenvalue weighted by Crippen LogP contribution is -2.22. The number of rotatable bonds is 3. The van der Waals surface area contributed by atoms with E-state index >= 15 is 0 Å². The van der Waals surface area contributed by atoms with Crippen molar-refractivity contribution in [2.45, 2.75) is 34.2 Å². The van der Waals surface area contributed by atoms with Gasteiger partial charge in [-0.05, 0) is 62.1 Å². The fourth-order valence-corrected chi connectivity index (χ4v) is 3.36. The molecular formula is C21H21N5O. The third-order valence-corrected chi connectivity index (χ3v) is 4.73. The Morgan fingerprint density at radius 2 is 1.67 bits per heavy atom. The van der Waals surface area contributed by atoms with E-state index in [1.807, 2.05) is 39.8 Å². The minimum absolute atomic E-state index is 0.184. The van der Waals surface area contributed by atoms with Gasteiger partial charge >= 0.3 is 0 Å². The maximum atomic E-state index is 12.9. The van der Waals surface area contributed by atoms with Gasteiger partial charge in [0.1, 0.15) is 6.33 Å². The third kappa shape index (κ3) is 3.14. The van der Waals surface area contributed by atoms with Crippen LogP contribution in [0.4, 0.5) is 0 Å². The van der Waals surface area contributed by atoms with Gasteiger partial charge in [0, 0.05) is 0 Å². The van der Waals surface area contributed by atoms with Gasteiger partial charge in [-0.2, -0.15) is 4.68 Å². The van der Waals surface area contributed by atoms with E-state index < -0.39 is 0 Å². The lowest BCUT2D eigenvalue weighted by atomic mass is 10.1. The molecule has 6 nitrogen and oxygen atoms in total. The molecule has 0 saturated carbocycles. The smallest absolute Gasteiger partial charge is 0.283 e. The quantitative estimate of drug-likeness (QED) is 0.563. The average Bonchev–Trinajstić information content (AvgIpc) is 3.04. The van der Waals surface area contributed by atoms with E-state index in [1.54, 1.807) is 15.6 Å². The molecule has 0 atom stereocenters. The molecule has 2 aromatic carbocycles. The fraction of sp³-hybridized carbons (Fsp3) is 0.238. The van der Waals surface area contributed by atoms with Crippen LogP contribution >= 0.6 is 0 Å². The molecule has 0 fully saturated rings. The first kappa shape index (κ1) is 17.1. The number of benzene rings is 2. The van der Waals surface area contributed by atoms with E-state index in [9.17, 15) is 4.79 Å². The van der Waals surface area contributed by atoms with E-state index in [4.69, 9.17) is 0 Å². The van der Waals surface area contributed by atoms with Crippen LogP contribution in [0.25, 0.3) is 16.9 Å². The number of nitrogens with zero attached hydrogens (tertiary/aromatic N) is 5. The predicted octanol–water partition coefficient (Wildman–Crippen LogP) is 3.26. The minimum Gasteiger partial charge on any atom is -0.293 e.